The topological polar surface area (TPSA) is 79.9 Å². The third kappa shape index (κ3) is 6.30. The number of anilines is 1. The molecule has 160 valence electrons. The summed E-state index contributed by atoms with van der Waals surface area (Å²) in [7, 11) is 0. The summed E-state index contributed by atoms with van der Waals surface area (Å²) < 4.78 is 10.3. The number of ether oxygens (including phenoxy) is 2. The smallest absolute Gasteiger partial charge is 0.411 e. The van der Waals surface area contributed by atoms with Crippen LogP contribution in [0, 0.1) is 6.92 Å². The van der Waals surface area contributed by atoms with Crippen LogP contribution in [0.25, 0.3) is 0 Å². The summed E-state index contributed by atoms with van der Waals surface area (Å²) in [5.74, 6) is -0.156. The fourth-order valence-electron chi connectivity index (χ4n) is 3.31. The van der Waals surface area contributed by atoms with E-state index in [1.54, 1.807) is 31.2 Å². The van der Waals surface area contributed by atoms with E-state index in [-0.39, 0.29) is 11.9 Å². The lowest BCUT2D eigenvalue weighted by molar-refractivity contribution is 0.0332. The molecule has 0 radical (unpaired) electrons. The van der Waals surface area contributed by atoms with Crippen LogP contribution in [0.15, 0.2) is 48.5 Å². The van der Waals surface area contributed by atoms with Gasteiger partial charge in [0, 0.05) is 30.9 Å². The number of carbonyl (C=O) groups excluding carboxylic acids is 2. The second-order valence-electron chi connectivity index (χ2n) is 7.27. The van der Waals surface area contributed by atoms with Crippen LogP contribution in [-0.2, 0) is 9.47 Å². The Balaban J connectivity index is 1.68. The van der Waals surface area contributed by atoms with Gasteiger partial charge in [-0.25, -0.2) is 4.79 Å². The van der Waals surface area contributed by atoms with E-state index in [1.165, 1.54) is 5.56 Å². The molecule has 1 saturated heterocycles. The van der Waals surface area contributed by atoms with Gasteiger partial charge in [-0.15, -0.1) is 0 Å². The Morgan fingerprint density at radius 1 is 1.07 bits per heavy atom. The summed E-state index contributed by atoms with van der Waals surface area (Å²) in [6.07, 6.45) is -0.514. The lowest BCUT2D eigenvalue weighted by Gasteiger charge is -2.31. The quantitative estimate of drug-likeness (QED) is 0.730. The van der Waals surface area contributed by atoms with E-state index >= 15 is 0 Å². The lowest BCUT2D eigenvalue weighted by atomic mass is 10.0. The lowest BCUT2D eigenvalue weighted by Crippen LogP contribution is -2.43. The first kappa shape index (κ1) is 21.8. The Labute approximate surface area is 177 Å². The van der Waals surface area contributed by atoms with Gasteiger partial charge in [-0.05, 0) is 43.7 Å². The van der Waals surface area contributed by atoms with E-state index in [2.05, 4.69) is 39.8 Å². The third-order valence-corrected chi connectivity index (χ3v) is 5.00. The molecule has 2 N–H and O–H groups in total. The van der Waals surface area contributed by atoms with Gasteiger partial charge in [0.25, 0.3) is 5.91 Å². The van der Waals surface area contributed by atoms with Crippen molar-refractivity contribution >= 4 is 17.7 Å². The second-order valence-corrected chi connectivity index (χ2v) is 7.27. The molecule has 2 aromatic rings. The molecule has 1 heterocycles. The minimum atomic E-state index is -0.514. The van der Waals surface area contributed by atoms with E-state index in [0.29, 0.717) is 31.1 Å². The third-order valence-electron chi connectivity index (χ3n) is 5.00. The van der Waals surface area contributed by atoms with Gasteiger partial charge >= 0.3 is 6.09 Å². The number of nitrogens with one attached hydrogen (secondary N) is 2. The summed E-state index contributed by atoms with van der Waals surface area (Å²) in [4.78, 5) is 26.7. The maximum Gasteiger partial charge on any atom is 0.411 e. The number of benzene rings is 2. The van der Waals surface area contributed by atoms with Gasteiger partial charge in [0.05, 0.1) is 25.9 Å². The second kappa shape index (κ2) is 10.8. The van der Waals surface area contributed by atoms with Crippen molar-refractivity contribution in [2.24, 2.45) is 0 Å². The van der Waals surface area contributed by atoms with Crippen LogP contribution in [0.3, 0.4) is 0 Å². The minimum absolute atomic E-state index is 0.131. The Hall–Kier alpha value is -2.90. The monoisotopic (exact) mass is 411 g/mol. The van der Waals surface area contributed by atoms with Crippen LogP contribution in [0.2, 0.25) is 0 Å². The first-order chi connectivity index (χ1) is 14.5. The van der Waals surface area contributed by atoms with E-state index in [9.17, 15) is 9.59 Å². The molecule has 0 aromatic heterocycles. The van der Waals surface area contributed by atoms with Gasteiger partial charge in [0.1, 0.15) is 0 Å². The van der Waals surface area contributed by atoms with Crippen molar-refractivity contribution < 1.29 is 19.1 Å². The summed E-state index contributed by atoms with van der Waals surface area (Å²) in [5, 5.41) is 5.79. The molecule has 7 nitrogen and oxygen atoms in total. The molecule has 0 unspecified atom stereocenters. The zero-order valence-corrected chi connectivity index (χ0v) is 17.5. The Morgan fingerprint density at radius 2 is 1.73 bits per heavy atom. The number of amides is 2. The van der Waals surface area contributed by atoms with E-state index < -0.39 is 6.09 Å². The van der Waals surface area contributed by atoms with Crippen molar-refractivity contribution in [3.63, 3.8) is 0 Å². The number of carbonyl (C=O) groups is 2. The van der Waals surface area contributed by atoms with Crippen molar-refractivity contribution in [3.8, 4) is 0 Å². The molecule has 30 heavy (non-hydrogen) atoms. The van der Waals surface area contributed by atoms with Crippen molar-refractivity contribution in [1.82, 2.24) is 10.2 Å². The maximum absolute atomic E-state index is 12.9. The molecular formula is C23H29N3O4. The average molecular weight is 412 g/mol. The van der Waals surface area contributed by atoms with Crippen LogP contribution >= 0.6 is 0 Å². The molecule has 2 aromatic carbocycles. The van der Waals surface area contributed by atoms with Crippen molar-refractivity contribution in [1.29, 1.82) is 0 Å². The number of hydrogen-bond acceptors (Lipinski definition) is 5. The maximum atomic E-state index is 12.9. The SMILES string of the molecule is CCOC(=O)Nc1ccc(C(=O)N[C@H](CN2CCOCC2)c2ccc(C)cc2)cc1. The Morgan fingerprint density at radius 3 is 2.37 bits per heavy atom. The molecule has 7 heteroatoms. The minimum Gasteiger partial charge on any atom is -0.450 e. The Bertz CT molecular complexity index is 831. The highest BCUT2D eigenvalue weighted by Gasteiger charge is 2.21. The summed E-state index contributed by atoms with van der Waals surface area (Å²) >= 11 is 0. The molecule has 0 spiro atoms. The highest BCUT2D eigenvalue weighted by atomic mass is 16.5. The molecule has 0 bridgehead atoms. The molecule has 1 atom stereocenters. The van der Waals surface area contributed by atoms with Crippen LogP contribution in [0.1, 0.15) is 34.5 Å². The molecule has 3 rings (SSSR count). The van der Waals surface area contributed by atoms with Crippen LogP contribution < -0.4 is 10.6 Å². The van der Waals surface area contributed by atoms with Crippen LogP contribution in [-0.4, -0.2) is 56.4 Å². The molecular weight excluding hydrogens is 382 g/mol. The molecule has 1 aliphatic rings. The largest absolute Gasteiger partial charge is 0.450 e. The van der Waals surface area contributed by atoms with Gasteiger partial charge in [0.2, 0.25) is 0 Å². The fraction of sp³-hybridized carbons (Fsp3) is 0.391. The van der Waals surface area contributed by atoms with Gasteiger partial charge in [-0.2, -0.15) is 0 Å². The van der Waals surface area contributed by atoms with Crippen LogP contribution in [0.4, 0.5) is 10.5 Å². The molecule has 0 aliphatic carbocycles. The molecule has 1 fully saturated rings. The summed E-state index contributed by atoms with van der Waals surface area (Å²) in [6, 6.07) is 14.9. The van der Waals surface area contributed by atoms with Crippen molar-refractivity contribution in [2.45, 2.75) is 19.9 Å². The highest BCUT2D eigenvalue weighted by molar-refractivity contribution is 5.95. The zero-order chi connectivity index (χ0) is 21.3. The van der Waals surface area contributed by atoms with Gasteiger partial charge in [-0.1, -0.05) is 29.8 Å². The average Bonchev–Trinajstić information content (AvgIpc) is 2.75. The van der Waals surface area contributed by atoms with Gasteiger partial charge in [0.15, 0.2) is 0 Å². The predicted octanol–water partition coefficient (Wildman–Crippen LogP) is 3.37. The number of aryl methyl sites for hydroxylation is 1. The van der Waals surface area contributed by atoms with E-state index in [0.717, 1.165) is 25.2 Å². The van der Waals surface area contributed by atoms with Crippen molar-refractivity contribution in [2.75, 3.05) is 44.8 Å². The van der Waals surface area contributed by atoms with E-state index in [1.807, 2.05) is 6.92 Å². The standard InChI is InChI=1S/C23H29N3O4/c1-3-30-23(28)24-20-10-8-19(9-11-20)22(27)25-21(16-26-12-14-29-15-13-26)18-6-4-17(2)5-7-18/h4-11,21H,3,12-16H2,1-2H3,(H,24,28)(H,25,27)/t21-/m1/s1. The number of rotatable bonds is 7. The van der Waals surface area contributed by atoms with Crippen molar-refractivity contribution in [3.05, 3.63) is 65.2 Å². The Kier molecular flexibility index (Phi) is 7.82. The summed E-state index contributed by atoms with van der Waals surface area (Å²) in [6.45, 7) is 7.95. The van der Waals surface area contributed by atoms with Crippen LogP contribution in [0.5, 0.6) is 0 Å². The number of nitrogens with zero attached hydrogens (tertiary/aromatic N) is 1. The predicted molar refractivity (Wildman–Crippen MR) is 116 cm³/mol. The summed E-state index contributed by atoms with van der Waals surface area (Å²) in [5.41, 5.74) is 3.36. The molecule has 0 saturated carbocycles. The normalized spacial score (nSPS) is 15.3. The molecule has 1 aliphatic heterocycles. The van der Waals surface area contributed by atoms with Gasteiger partial charge < -0.3 is 14.8 Å². The zero-order valence-electron chi connectivity index (χ0n) is 17.5. The first-order valence-electron chi connectivity index (χ1n) is 10.3. The number of hydrogen-bond donors (Lipinski definition) is 2. The van der Waals surface area contributed by atoms with Gasteiger partial charge in [-0.3, -0.25) is 15.0 Å². The highest BCUT2D eigenvalue weighted by Crippen LogP contribution is 2.18. The first-order valence-corrected chi connectivity index (χ1v) is 10.3. The fourth-order valence-corrected chi connectivity index (χ4v) is 3.31. The number of morpholine rings is 1. The van der Waals surface area contributed by atoms with E-state index in [4.69, 9.17) is 9.47 Å². The molecule has 2 amide bonds.